The van der Waals surface area contributed by atoms with E-state index >= 15 is 0 Å². The summed E-state index contributed by atoms with van der Waals surface area (Å²) >= 11 is 0. The fourth-order valence-electron chi connectivity index (χ4n) is 4.02. The molecule has 138 valence electrons. The third kappa shape index (κ3) is 4.05. The lowest BCUT2D eigenvalue weighted by Crippen LogP contribution is -2.51. The molecule has 2 amide bonds. The van der Waals surface area contributed by atoms with Crippen molar-refractivity contribution in [3.8, 4) is 0 Å². The highest BCUT2D eigenvalue weighted by atomic mass is 16.5. The summed E-state index contributed by atoms with van der Waals surface area (Å²) in [5.74, 6) is 1.38. The van der Waals surface area contributed by atoms with Gasteiger partial charge < -0.3 is 14.3 Å². The summed E-state index contributed by atoms with van der Waals surface area (Å²) in [6.07, 6.45) is 7.58. The Kier molecular flexibility index (Phi) is 5.76. The molecule has 1 saturated carbocycles. The van der Waals surface area contributed by atoms with E-state index in [0.717, 1.165) is 5.69 Å². The third-order valence-corrected chi connectivity index (χ3v) is 5.59. The third-order valence-electron chi connectivity index (χ3n) is 5.59. The van der Waals surface area contributed by atoms with E-state index in [1.54, 1.807) is 6.92 Å². The number of hydrogen-bond acceptors (Lipinski definition) is 4. The molecule has 6 nitrogen and oxygen atoms in total. The van der Waals surface area contributed by atoms with Crippen LogP contribution in [-0.4, -0.2) is 52.9 Å². The SMILES string of the molecule is CCc1noc(C)c1C(=O)N1CCN(C(=O)CC2CCCCC2)CC1. The van der Waals surface area contributed by atoms with Gasteiger partial charge in [0.1, 0.15) is 11.3 Å². The van der Waals surface area contributed by atoms with Crippen molar-refractivity contribution >= 4 is 11.8 Å². The van der Waals surface area contributed by atoms with Crippen LogP contribution in [0.25, 0.3) is 0 Å². The first kappa shape index (κ1) is 18.0. The minimum Gasteiger partial charge on any atom is -0.361 e. The van der Waals surface area contributed by atoms with Gasteiger partial charge >= 0.3 is 0 Å². The quantitative estimate of drug-likeness (QED) is 0.840. The molecule has 2 heterocycles. The summed E-state index contributed by atoms with van der Waals surface area (Å²) < 4.78 is 5.18. The fraction of sp³-hybridized carbons (Fsp3) is 0.737. The van der Waals surface area contributed by atoms with E-state index in [4.69, 9.17) is 4.52 Å². The van der Waals surface area contributed by atoms with Crippen molar-refractivity contribution < 1.29 is 14.1 Å². The standard InChI is InChI=1S/C19H29N3O3/c1-3-16-18(14(2)25-20-16)19(24)22-11-9-21(10-12-22)17(23)13-15-7-5-4-6-8-15/h15H,3-13H2,1-2H3. The molecule has 1 aliphatic heterocycles. The first-order chi connectivity index (χ1) is 12.1. The molecule has 0 spiro atoms. The molecule has 1 aromatic rings. The van der Waals surface area contributed by atoms with Crippen molar-refractivity contribution in [2.24, 2.45) is 5.92 Å². The van der Waals surface area contributed by atoms with Crippen molar-refractivity contribution in [2.45, 2.75) is 58.8 Å². The number of aryl methyl sites for hydroxylation is 2. The molecule has 1 aromatic heterocycles. The van der Waals surface area contributed by atoms with Gasteiger partial charge in [0.2, 0.25) is 5.91 Å². The van der Waals surface area contributed by atoms with Crippen LogP contribution in [0.5, 0.6) is 0 Å². The molecule has 1 saturated heterocycles. The van der Waals surface area contributed by atoms with Gasteiger partial charge in [-0.1, -0.05) is 31.3 Å². The summed E-state index contributed by atoms with van der Waals surface area (Å²) in [5, 5.41) is 3.97. The zero-order valence-electron chi connectivity index (χ0n) is 15.4. The van der Waals surface area contributed by atoms with Crippen molar-refractivity contribution in [2.75, 3.05) is 26.2 Å². The van der Waals surface area contributed by atoms with Gasteiger partial charge in [-0.3, -0.25) is 9.59 Å². The largest absolute Gasteiger partial charge is 0.361 e. The van der Waals surface area contributed by atoms with Gasteiger partial charge in [0.15, 0.2) is 0 Å². The van der Waals surface area contributed by atoms with E-state index in [1.165, 1.54) is 32.1 Å². The average molecular weight is 347 g/mol. The number of nitrogens with zero attached hydrogens (tertiary/aromatic N) is 3. The minimum atomic E-state index is -0.0185. The highest BCUT2D eigenvalue weighted by molar-refractivity contribution is 5.96. The highest BCUT2D eigenvalue weighted by Gasteiger charge is 2.29. The maximum Gasteiger partial charge on any atom is 0.259 e. The van der Waals surface area contributed by atoms with Gasteiger partial charge in [-0.25, -0.2) is 0 Å². The summed E-state index contributed by atoms with van der Waals surface area (Å²) in [6.45, 7) is 6.18. The van der Waals surface area contributed by atoms with Crippen LogP contribution < -0.4 is 0 Å². The van der Waals surface area contributed by atoms with Gasteiger partial charge in [0.05, 0.1) is 5.69 Å². The summed E-state index contributed by atoms with van der Waals surface area (Å²) in [6, 6.07) is 0. The Morgan fingerprint density at radius 2 is 1.72 bits per heavy atom. The lowest BCUT2D eigenvalue weighted by atomic mass is 9.86. The molecule has 1 aliphatic carbocycles. The van der Waals surface area contributed by atoms with Crippen LogP contribution >= 0.6 is 0 Å². The Hall–Kier alpha value is -1.85. The zero-order valence-corrected chi connectivity index (χ0v) is 15.4. The van der Waals surface area contributed by atoms with Crippen LogP contribution in [-0.2, 0) is 11.2 Å². The van der Waals surface area contributed by atoms with Crippen molar-refractivity contribution in [3.05, 3.63) is 17.0 Å². The summed E-state index contributed by atoms with van der Waals surface area (Å²) in [5.41, 5.74) is 1.32. The molecule has 0 N–H and O–H groups in total. The Labute approximate surface area is 149 Å². The number of piperazine rings is 1. The first-order valence-electron chi connectivity index (χ1n) is 9.62. The molecule has 6 heteroatoms. The lowest BCUT2D eigenvalue weighted by molar-refractivity contribution is -0.133. The van der Waals surface area contributed by atoms with E-state index < -0.39 is 0 Å². The normalized spacial score (nSPS) is 19.3. The van der Waals surface area contributed by atoms with E-state index in [9.17, 15) is 9.59 Å². The monoisotopic (exact) mass is 347 g/mol. The molecule has 25 heavy (non-hydrogen) atoms. The summed E-state index contributed by atoms with van der Waals surface area (Å²) in [7, 11) is 0. The van der Waals surface area contributed by atoms with Crippen LogP contribution in [0, 0.1) is 12.8 Å². The number of amides is 2. The predicted molar refractivity (Wildman–Crippen MR) is 94.3 cm³/mol. The molecule has 0 unspecified atom stereocenters. The van der Waals surface area contributed by atoms with E-state index in [-0.39, 0.29) is 11.8 Å². The van der Waals surface area contributed by atoms with E-state index in [0.29, 0.717) is 56.3 Å². The molecule has 0 radical (unpaired) electrons. The van der Waals surface area contributed by atoms with Crippen molar-refractivity contribution in [1.29, 1.82) is 0 Å². The fourth-order valence-corrected chi connectivity index (χ4v) is 4.02. The van der Waals surface area contributed by atoms with Crippen LogP contribution in [0.15, 0.2) is 4.52 Å². The van der Waals surface area contributed by atoms with Gasteiger partial charge in [-0.2, -0.15) is 0 Å². The highest BCUT2D eigenvalue weighted by Crippen LogP contribution is 2.27. The first-order valence-corrected chi connectivity index (χ1v) is 9.62. The minimum absolute atomic E-state index is 0.0185. The average Bonchev–Trinajstić information content (AvgIpc) is 3.02. The van der Waals surface area contributed by atoms with Gasteiger partial charge in [0, 0.05) is 32.6 Å². The second-order valence-electron chi connectivity index (χ2n) is 7.30. The molecular weight excluding hydrogens is 318 g/mol. The van der Waals surface area contributed by atoms with Crippen LogP contribution in [0.2, 0.25) is 0 Å². The number of carbonyl (C=O) groups is 2. The second kappa shape index (κ2) is 8.02. The van der Waals surface area contributed by atoms with Crippen LogP contribution in [0.1, 0.15) is 67.3 Å². The van der Waals surface area contributed by atoms with E-state index in [1.807, 2.05) is 16.7 Å². The van der Waals surface area contributed by atoms with Gasteiger partial charge in [0.25, 0.3) is 5.91 Å². The van der Waals surface area contributed by atoms with Gasteiger partial charge in [-0.05, 0) is 32.1 Å². The topological polar surface area (TPSA) is 66.7 Å². The zero-order chi connectivity index (χ0) is 17.8. The molecule has 0 atom stereocenters. The van der Waals surface area contributed by atoms with E-state index in [2.05, 4.69) is 5.16 Å². The van der Waals surface area contributed by atoms with Crippen molar-refractivity contribution in [3.63, 3.8) is 0 Å². The van der Waals surface area contributed by atoms with Crippen molar-refractivity contribution in [1.82, 2.24) is 15.0 Å². The second-order valence-corrected chi connectivity index (χ2v) is 7.30. The number of rotatable bonds is 4. The predicted octanol–water partition coefficient (Wildman–Crippen LogP) is 2.80. The van der Waals surface area contributed by atoms with Gasteiger partial charge in [-0.15, -0.1) is 0 Å². The maximum absolute atomic E-state index is 12.8. The molecule has 0 bridgehead atoms. The molecule has 3 rings (SSSR count). The Balaban J connectivity index is 1.53. The lowest BCUT2D eigenvalue weighted by Gasteiger charge is -2.35. The maximum atomic E-state index is 12.8. The summed E-state index contributed by atoms with van der Waals surface area (Å²) in [4.78, 5) is 29.1. The molecule has 2 fully saturated rings. The number of hydrogen-bond donors (Lipinski definition) is 0. The molecule has 2 aliphatic rings. The molecular formula is C19H29N3O3. The Morgan fingerprint density at radius 1 is 1.08 bits per heavy atom. The number of carbonyl (C=O) groups excluding carboxylic acids is 2. The number of aromatic nitrogens is 1. The Morgan fingerprint density at radius 3 is 2.36 bits per heavy atom. The van der Waals surface area contributed by atoms with Crippen LogP contribution in [0.3, 0.4) is 0 Å². The Bertz CT molecular complexity index is 611. The molecule has 0 aromatic carbocycles. The van der Waals surface area contributed by atoms with Crippen LogP contribution in [0.4, 0.5) is 0 Å². The smallest absolute Gasteiger partial charge is 0.259 e.